The number of benzene rings is 2. The number of Topliss-reactive ketones (excluding diaryl/α,β-unsaturated/α-hetero) is 1. The number of carbonyl (C=O) groups excluding carboxylic acids is 2. The molecule has 3 rings (SSSR count). The van der Waals surface area contributed by atoms with E-state index in [0.29, 0.717) is 31.0 Å². The second kappa shape index (κ2) is 10.3. The van der Waals surface area contributed by atoms with Gasteiger partial charge < -0.3 is 19.6 Å². The van der Waals surface area contributed by atoms with Crippen molar-refractivity contribution in [3.8, 4) is 5.75 Å². The highest BCUT2D eigenvalue weighted by Crippen LogP contribution is 2.39. The minimum Gasteiger partial charge on any atom is -0.507 e. The van der Waals surface area contributed by atoms with E-state index in [-0.39, 0.29) is 11.3 Å². The second-order valence-corrected chi connectivity index (χ2v) is 8.01. The first-order chi connectivity index (χ1) is 15.4. The number of aliphatic hydroxyl groups is 1. The molecular weight excluding hydrogens is 404 g/mol. The summed E-state index contributed by atoms with van der Waals surface area (Å²) in [5, 5.41) is 11.1. The molecule has 168 valence electrons. The van der Waals surface area contributed by atoms with E-state index in [1.54, 1.807) is 35.2 Å². The van der Waals surface area contributed by atoms with E-state index >= 15 is 0 Å². The van der Waals surface area contributed by atoms with E-state index < -0.39 is 17.7 Å². The summed E-state index contributed by atoms with van der Waals surface area (Å²) in [7, 11) is 3.83. The fraction of sp³-hybridized carbons (Fsp3) is 0.308. The molecule has 1 aliphatic rings. The van der Waals surface area contributed by atoms with Crippen molar-refractivity contribution in [2.24, 2.45) is 0 Å². The Bertz CT molecular complexity index is 1010. The van der Waals surface area contributed by atoms with E-state index in [9.17, 15) is 14.7 Å². The second-order valence-electron chi connectivity index (χ2n) is 8.01. The lowest BCUT2D eigenvalue weighted by Crippen LogP contribution is -2.35. The largest absolute Gasteiger partial charge is 0.507 e. The molecule has 0 spiro atoms. The van der Waals surface area contributed by atoms with E-state index in [1.165, 1.54) is 0 Å². The molecule has 6 heteroatoms. The maximum Gasteiger partial charge on any atom is 0.295 e. The third-order valence-corrected chi connectivity index (χ3v) is 5.53. The zero-order chi connectivity index (χ0) is 23.3. The van der Waals surface area contributed by atoms with E-state index in [2.05, 4.69) is 13.5 Å². The van der Waals surface area contributed by atoms with Gasteiger partial charge in [-0.15, -0.1) is 0 Å². The third kappa shape index (κ3) is 4.92. The van der Waals surface area contributed by atoms with Crippen molar-refractivity contribution in [1.29, 1.82) is 0 Å². The molecule has 1 unspecified atom stereocenters. The van der Waals surface area contributed by atoms with Crippen molar-refractivity contribution < 1.29 is 19.4 Å². The van der Waals surface area contributed by atoms with Gasteiger partial charge in [-0.25, -0.2) is 0 Å². The van der Waals surface area contributed by atoms with Crippen molar-refractivity contribution in [2.75, 3.05) is 33.8 Å². The predicted octanol–water partition coefficient (Wildman–Crippen LogP) is 3.80. The topological polar surface area (TPSA) is 70.1 Å². The number of likely N-dealkylation sites (tertiary alicyclic amines) is 1. The van der Waals surface area contributed by atoms with E-state index in [1.807, 2.05) is 43.3 Å². The van der Waals surface area contributed by atoms with Crippen LogP contribution in [0.3, 0.4) is 0 Å². The lowest BCUT2D eigenvalue weighted by Gasteiger charge is -2.26. The van der Waals surface area contributed by atoms with Gasteiger partial charge in [0.15, 0.2) is 0 Å². The summed E-state index contributed by atoms with van der Waals surface area (Å²) in [4.78, 5) is 29.5. The molecule has 0 bridgehead atoms. The van der Waals surface area contributed by atoms with Crippen molar-refractivity contribution in [3.05, 3.63) is 83.4 Å². The number of likely N-dealkylation sites (N-methyl/N-ethyl adjacent to an activating group) is 1. The quantitative estimate of drug-likeness (QED) is 0.281. The number of hydrogen-bond donors (Lipinski definition) is 1. The summed E-state index contributed by atoms with van der Waals surface area (Å²) in [5.41, 5.74) is 2.52. The average Bonchev–Trinajstić information content (AvgIpc) is 3.06. The van der Waals surface area contributed by atoms with Crippen molar-refractivity contribution in [3.63, 3.8) is 0 Å². The normalized spacial score (nSPS) is 17.8. The third-order valence-electron chi connectivity index (χ3n) is 5.53. The number of ether oxygens (including phenoxy) is 1. The molecule has 32 heavy (non-hydrogen) atoms. The van der Waals surface area contributed by atoms with Crippen LogP contribution < -0.4 is 4.74 Å². The van der Waals surface area contributed by atoms with Crippen LogP contribution in [-0.2, 0) is 16.0 Å². The van der Waals surface area contributed by atoms with Crippen molar-refractivity contribution >= 4 is 17.4 Å². The molecule has 0 radical (unpaired) electrons. The van der Waals surface area contributed by atoms with Gasteiger partial charge >= 0.3 is 0 Å². The molecular formula is C26H30N2O4. The summed E-state index contributed by atoms with van der Waals surface area (Å²) in [5.74, 6) is -0.822. The molecule has 6 nitrogen and oxygen atoms in total. The Morgan fingerprint density at radius 2 is 1.78 bits per heavy atom. The predicted molar refractivity (Wildman–Crippen MR) is 126 cm³/mol. The van der Waals surface area contributed by atoms with Gasteiger partial charge in [-0.3, -0.25) is 9.59 Å². The first kappa shape index (κ1) is 23.3. The van der Waals surface area contributed by atoms with Gasteiger partial charge in [0.25, 0.3) is 11.7 Å². The van der Waals surface area contributed by atoms with Crippen LogP contribution in [0.2, 0.25) is 0 Å². The summed E-state index contributed by atoms with van der Waals surface area (Å²) < 4.78 is 5.49. The summed E-state index contributed by atoms with van der Waals surface area (Å²) >= 11 is 0. The van der Waals surface area contributed by atoms with Crippen LogP contribution in [0.1, 0.15) is 29.7 Å². The molecule has 2 aromatic rings. The molecule has 1 fully saturated rings. The Labute approximate surface area is 189 Å². The minimum atomic E-state index is -0.669. The first-order valence-corrected chi connectivity index (χ1v) is 10.7. The smallest absolute Gasteiger partial charge is 0.295 e. The SMILES string of the molecule is C=CCOc1ccc(/C(O)=C2/C(=O)C(=O)N(CCN(C)C)C2c2ccc(CC)cc2)cc1. The number of amides is 1. The van der Waals surface area contributed by atoms with Crippen LogP contribution in [0.4, 0.5) is 0 Å². The summed E-state index contributed by atoms with van der Waals surface area (Å²) in [6.07, 6.45) is 2.54. The molecule has 0 aliphatic carbocycles. The van der Waals surface area contributed by atoms with Crippen LogP contribution in [0.25, 0.3) is 5.76 Å². The van der Waals surface area contributed by atoms with Gasteiger partial charge in [0.1, 0.15) is 18.1 Å². The van der Waals surface area contributed by atoms with Gasteiger partial charge in [0.05, 0.1) is 11.6 Å². The summed E-state index contributed by atoms with van der Waals surface area (Å²) in [6.45, 7) is 7.04. The Morgan fingerprint density at radius 1 is 1.12 bits per heavy atom. The van der Waals surface area contributed by atoms with Crippen LogP contribution in [-0.4, -0.2) is 60.4 Å². The lowest BCUT2D eigenvalue weighted by atomic mass is 9.94. The van der Waals surface area contributed by atoms with E-state index in [4.69, 9.17) is 4.74 Å². The van der Waals surface area contributed by atoms with Gasteiger partial charge in [-0.2, -0.15) is 0 Å². The molecule has 1 amide bonds. The van der Waals surface area contributed by atoms with E-state index in [0.717, 1.165) is 17.5 Å². The molecule has 1 aliphatic heterocycles. The molecule has 2 aromatic carbocycles. The highest BCUT2D eigenvalue weighted by Gasteiger charge is 2.45. The minimum absolute atomic E-state index is 0.109. The fourth-order valence-electron chi connectivity index (χ4n) is 3.72. The molecule has 1 N–H and O–H groups in total. The maximum absolute atomic E-state index is 13.0. The molecule has 1 atom stereocenters. The lowest BCUT2D eigenvalue weighted by molar-refractivity contribution is -0.140. The van der Waals surface area contributed by atoms with Gasteiger partial charge in [-0.1, -0.05) is 43.8 Å². The van der Waals surface area contributed by atoms with Gasteiger partial charge in [0, 0.05) is 18.7 Å². The molecule has 0 aromatic heterocycles. The Hall–Kier alpha value is -3.38. The molecule has 0 saturated carbocycles. The maximum atomic E-state index is 13.0. The highest BCUT2D eigenvalue weighted by molar-refractivity contribution is 6.46. The number of rotatable bonds is 9. The zero-order valence-corrected chi connectivity index (χ0v) is 18.9. The van der Waals surface area contributed by atoms with Gasteiger partial charge in [0.2, 0.25) is 0 Å². The number of aliphatic hydroxyl groups excluding tert-OH is 1. The molecule has 1 heterocycles. The number of nitrogens with zero attached hydrogens (tertiary/aromatic N) is 2. The van der Waals surface area contributed by atoms with Crippen molar-refractivity contribution in [2.45, 2.75) is 19.4 Å². The monoisotopic (exact) mass is 434 g/mol. The van der Waals surface area contributed by atoms with Crippen molar-refractivity contribution in [1.82, 2.24) is 9.80 Å². The van der Waals surface area contributed by atoms with Gasteiger partial charge in [-0.05, 0) is 55.9 Å². The van der Waals surface area contributed by atoms with Crippen LogP contribution in [0.5, 0.6) is 5.75 Å². The highest BCUT2D eigenvalue weighted by atomic mass is 16.5. The molecule has 1 saturated heterocycles. The standard InChI is InChI=1S/C26H30N2O4/c1-5-17-32-21-13-11-20(12-14-21)24(29)22-23(19-9-7-18(6-2)8-10-19)28(16-15-27(3)4)26(31)25(22)30/h5,7-14,23,29H,1,6,15-17H2,2-4H3/b24-22-. The first-order valence-electron chi connectivity index (χ1n) is 10.7. The number of hydrogen-bond acceptors (Lipinski definition) is 5. The van der Waals surface area contributed by atoms with Crippen LogP contribution in [0, 0.1) is 0 Å². The number of carbonyl (C=O) groups is 2. The van der Waals surface area contributed by atoms with Crippen LogP contribution >= 0.6 is 0 Å². The Balaban J connectivity index is 2.05. The number of ketones is 1. The van der Waals surface area contributed by atoms with Crippen LogP contribution in [0.15, 0.2) is 66.8 Å². The Morgan fingerprint density at radius 3 is 2.34 bits per heavy atom. The Kier molecular flexibility index (Phi) is 7.49. The fourth-order valence-corrected chi connectivity index (χ4v) is 3.72. The summed E-state index contributed by atoms with van der Waals surface area (Å²) in [6, 6.07) is 14.0. The average molecular weight is 435 g/mol. The number of aryl methyl sites for hydroxylation is 1. The zero-order valence-electron chi connectivity index (χ0n) is 18.9.